The van der Waals surface area contributed by atoms with Crippen molar-refractivity contribution in [2.45, 2.75) is 16.6 Å². The Morgan fingerprint density at radius 3 is 2.44 bits per heavy atom. The zero-order chi connectivity index (χ0) is 18.4. The number of thioether (sulfide) groups is 1. The highest BCUT2D eigenvalue weighted by Gasteiger charge is 2.33. The molecule has 0 aliphatic rings. The van der Waals surface area contributed by atoms with Crippen LogP contribution >= 0.6 is 11.8 Å². The SMILES string of the molecule is CNC(=O)NC(=O)C(Sc1nccc(C(F)(F)F)n1)c1ccccc1. The Bertz CT molecular complexity index is 756. The Morgan fingerprint density at radius 2 is 1.84 bits per heavy atom. The molecule has 0 fully saturated rings. The number of benzene rings is 1. The van der Waals surface area contributed by atoms with Gasteiger partial charge in [0.15, 0.2) is 5.16 Å². The molecular weight excluding hydrogens is 357 g/mol. The fourth-order valence-corrected chi connectivity index (χ4v) is 2.74. The molecule has 1 aromatic carbocycles. The quantitative estimate of drug-likeness (QED) is 0.639. The van der Waals surface area contributed by atoms with Gasteiger partial charge in [-0.05, 0) is 11.6 Å². The fourth-order valence-electron chi connectivity index (χ4n) is 1.80. The summed E-state index contributed by atoms with van der Waals surface area (Å²) in [6.07, 6.45) is -3.65. The van der Waals surface area contributed by atoms with E-state index in [0.29, 0.717) is 5.56 Å². The number of nitrogens with one attached hydrogen (secondary N) is 2. The highest BCUT2D eigenvalue weighted by Crippen LogP contribution is 2.35. The van der Waals surface area contributed by atoms with E-state index in [1.165, 1.54) is 7.05 Å². The van der Waals surface area contributed by atoms with Crippen LogP contribution < -0.4 is 10.6 Å². The molecule has 0 spiro atoms. The van der Waals surface area contributed by atoms with Crippen LogP contribution in [0.1, 0.15) is 16.5 Å². The van der Waals surface area contributed by atoms with Crippen molar-refractivity contribution in [3.05, 3.63) is 53.9 Å². The van der Waals surface area contributed by atoms with Crippen LogP contribution in [0.4, 0.5) is 18.0 Å². The van der Waals surface area contributed by atoms with Gasteiger partial charge in [0.2, 0.25) is 5.91 Å². The third-order valence-corrected chi connectivity index (χ3v) is 4.08. The zero-order valence-corrected chi connectivity index (χ0v) is 13.7. The molecule has 1 unspecified atom stereocenters. The molecule has 0 aliphatic heterocycles. The first-order valence-electron chi connectivity index (χ1n) is 6.95. The lowest BCUT2D eigenvalue weighted by atomic mass is 10.1. The Morgan fingerprint density at radius 1 is 1.16 bits per heavy atom. The van der Waals surface area contributed by atoms with Gasteiger partial charge in [0, 0.05) is 13.2 Å². The van der Waals surface area contributed by atoms with Gasteiger partial charge in [-0.1, -0.05) is 42.1 Å². The minimum absolute atomic E-state index is 0.226. The Kier molecular flexibility index (Phi) is 5.97. The maximum atomic E-state index is 12.8. The van der Waals surface area contributed by atoms with Gasteiger partial charge in [-0.15, -0.1) is 0 Å². The van der Waals surface area contributed by atoms with E-state index in [0.717, 1.165) is 24.0 Å². The predicted octanol–water partition coefficient (Wildman–Crippen LogP) is 2.78. The molecule has 2 aromatic rings. The van der Waals surface area contributed by atoms with Crippen LogP contribution in [0.2, 0.25) is 0 Å². The number of alkyl halides is 3. The van der Waals surface area contributed by atoms with Crippen molar-refractivity contribution in [1.82, 2.24) is 20.6 Å². The van der Waals surface area contributed by atoms with Crippen LogP contribution in [-0.4, -0.2) is 29.0 Å². The molecule has 0 saturated carbocycles. The minimum Gasteiger partial charge on any atom is -0.341 e. The van der Waals surface area contributed by atoms with Gasteiger partial charge < -0.3 is 5.32 Å². The Hall–Kier alpha value is -2.62. The number of aromatic nitrogens is 2. The van der Waals surface area contributed by atoms with E-state index in [-0.39, 0.29) is 5.16 Å². The first-order valence-corrected chi connectivity index (χ1v) is 7.83. The van der Waals surface area contributed by atoms with Crippen LogP contribution in [0, 0.1) is 0 Å². The summed E-state index contributed by atoms with van der Waals surface area (Å²) in [5.41, 5.74) is -0.613. The predicted molar refractivity (Wildman–Crippen MR) is 84.7 cm³/mol. The summed E-state index contributed by atoms with van der Waals surface area (Å²) in [5.74, 6) is -0.698. The van der Waals surface area contributed by atoms with E-state index >= 15 is 0 Å². The smallest absolute Gasteiger partial charge is 0.341 e. The van der Waals surface area contributed by atoms with Gasteiger partial charge in [0.05, 0.1) is 0 Å². The third kappa shape index (κ3) is 5.18. The maximum absolute atomic E-state index is 12.8. The lowest BCUT2D eigenvalue weighted by Crippen LogP contribution is -2.39. The summed E-state index contributed by atoms with van der Waals surface area (Å²) in [6.45, 7) is 0. The summed E-state index contributed by atoms with van der Waals surface area (Å²) in [7, 11) is 1.34. The second-order valence-corrected chi connectivity index (χ2v) is 5.77. The molecule has 1 heterocycles. The molecule has 1 aromatic heterocycles. The lowest BCUT2D eigenvalue weighted by Gasteiger charge is -2.16. The van der Waals surface area contributed by atoms with Gasteiger partial charge in [-0.25, -0.2) is 14.8 Å². The van der Waals surface area contributed by atoms with Crippen LogP contribution in [0.15, 0.2) is 47.8 Å². The first kappa shape index (κ1) is 18.7. The van der Waals surface area contributed by atoms with Gasteiger partial charge in [-0.2, -0.15) is 13.2 Å². The number of carbonyl (C=O) groups excluding carboxylic acids is 2. The van der Waals surface area contributed by atoms with Crippen molar-refractivity contribution in [3.8, 4) is 0 Å². The van der Waals surface area contributed by atoms with Crippen molar-refractivity contribution in [1.29, 1.82) is 0 Å². The highest BCUT2D eigenvalue weighted by atomic mass is 32.2. The van der Waals surface area contributed by atoms with Crippen molar-refractivity contribution >= 4 is 23.7 Å². The standard InChI is InChI=1S/C15H13F3N4O2S/c1-19-13(24)22-12(23)11(9-5-3-2-4-6-9)25-14-20-8-7-10(21-14)15(16,17)18/h2-8,11H,1H3,(H2,19,22,23,24). The summed E-state index contributed by atoms with van der Waals surface area (Å²) in [6, 6.07) is 8.32. The normalized spacial score (nSPS) is 12.3. The molecule has 0 aliphatic carbocycles. The molecule has 0 saturated heterocycles. The fraction of sp³-hybridized carbons (Fsp3) is 0.200. The van der Waals surface area contributed by atoms with Crippen molar-refractivity contribution < 1.29 is 22.8 Å². The number of nitrogens with zero attached hydrogens (tertiary/aromatic N) is 2. The average Bonchev–Trinajstić information content (AvgIpc) is 2.59. The van der Waals surface area contributed by atoms with E-state index < -0.39 is 29.1 Å². The number of carbonyl (C=O) groups is 2. The zero-order valence-electron chi connectivity index (χ0n) is 12.9. The molecule has 0 bridgehead atoms. The largest absolute Gasteiger partial charge is 0.433 e. The molecule has 2 N–H and O–H groups in total. The minimum atomic E-state index is -4.62. The van der Waals surface area contributed by atoms with E-state index in [9.17, 15) is 22.8 Å². The number of amides is 3. The number of imide groups is 1. The number of rotatable bonds is 4. The third-order valence-electron chi connectivity index (χ3n) is 2.95. The Labute approximate surface area is 145 Å². The summed E-state index contributed by atoms with van der Waals surface area (Å²) < 4.78 is 38.3. The molecule has 2 rings (SSSR count). The highest BCUT2D eigenvalue weighted by molar-refractivity contribution is 8.00. The van der Waals surface area contributed by atoms with Crippen LogP contribution in [0.5, 0.6) is 0 Å². The number of halogens is 3. The van der Waals surface area contributed by atoms with Gasteiger partial charge >= 0.3 is 12.2 Å². The van der Waals surface area contributed by atoms with E-state index in [1.54, 1.807) is 30.3 Å². The molecule has 10 heteroatoms. The van der Waals surface area contributed by atoms with Crippen LogP contribution in [0.3, 0.4) is 0 Å². The summed E-state index contributed by atoms with van der Waals surface area (Å²) in [5, 5.41) is 3.12. The van der Waals surface area contributed by atoms with E-state index in [1.807, 2.05) is 0 Å². The molecule has 132 valence electrons. The van der Waals surface area contributed by atoms with Crippen molar-refractivity contribution in [3.63, 3.8) is 0 Å². The molecular formula is C15H13F3N4O2S. The topological polar surface area (TPSA) is 84.0 Å². The molecule has 6 nitrogen and oxygen atoms in total. The maximum Gasteiger partial charge on any atom is 0.433 e. The molecule has 25 heavy (non-hydrogen) atoms. The second kappa shape index (κ2) is 7.97. The van der Waals surface area contributed by atoms with E-state index in [4.69, 9.17) is 0 Å². The van der Waals surface area contributed by atoms with Gasteiger partial charge in [0.1, 0.15) is 10.9 Å². The summed E-state index contributed by atoms with van der Waals surface area (Å²) in [4.78, 5) is 30.9. The number of urea groups is 1. The van der Waals surface area contributed by atoms with Crippen LogP contribution in [0.25, 0.3) is 0 Å². The van der Waals surface area contributed by atoms with Crippen molar-refractivity contribution in [2.75, 3.05) is 7.05 Å². The van der Waals surface area contributed by atoms with Crippen LogP contribution in [-0.2, 0) is 11.0 Å². The lowest BCUT2D eigenvalue weighted by molar-refractivity contribution is -0.141. The number of hydrogen-bond donors (Lipinski definition) is 2. The number of hydrogen-bond acceptors (Lipinski definition) is 5. The molecule has 1 atom stereocenters. The van der Waals surface area contributed by atoms with Crippen molar-refractivity contribution in [2.24, 2.45) is 0 Å². The Balaban J connectivity index is 2.31. The average molecular weight is 370 g/mol. The monoisotopic (exact) mass is 370 g/mol. The molecule has 0 radical (unpaired) electrons. The van der Waals surface area contributed by atoms with E-state index in [2.05, 4.69) is 20.6 Å². The molecule has 3 amide bonds. The summed E-state index contributed by atoms with van der Waals surface area (Å²) >= 11 is 0.718. The van der Waals surface area contributed by atoms with Gasteiger partial charge in [-0.3, -0.25) is 10.1 Å². The van der Waals surface area contributed by atoms with Gasteiger partial charge in [0.25, 0.3) is 0 Å². The first-order chi connectivity index (χ1) is 11.8. The second-order valence-electron chi connectivity index (χ2n) is 4.70.